The summed E-state index contributed by atoms with van der Waals surface area (Å²) in [7, 11) is 2.92. The van der Waals surface area contributed by atoms with Crippen LogP contribution in [0.4, 0.5) is 5.69 Å². The molecule has 1 fully saturated rings. The Kier molecular flexibility index (Phi) is 4.23. The lowest BCUT2D eigenvalue weighted by Crippen LogP contribution is -2.61. The maximum Gasteiger partial charge on any atom is 0.337 e. The van der Waals surface area contributed by atoms with Gasteiger partial charge in [0.2, 0.25) is 0 Å². The molecule has 1 aliphatic carbocycles. The number of rotatable bonds is 5. The van der Waals surface area contributed by atoms with E-state index in [1.807, 2.05) is 0 Å². The van der Waals surface area contributed by atoms with Crippen LogP contribution in [0.3, 0.4) is 0 Å². The van der Waals surface area contributed by atoms with Gasteiger partial charge < -0.3 is 24.3 Å². The molecule has 0 unspecified atom stereocenters. The first kappa shape index (κ1) is 15.8. The smallest absolute Gasteiger partial charge is 0.337 e. The number of benzene rings is 1. The van der Waals surface area contributed by atoms with Gasteiger partial charge in [0.05, 0.1) is 37.7 Å². The number of methoxy groups -OCH3 is 2. The molecular formula is C16H19NO6. The number of esters is 1. The lowest BCUT2D eigenvalue weighted by atomic mass is 9.75. The van der Waals surface area contributed by atoms with Crippen LogP contribution in [0.15, 0.2) is 18.2 Å². The van der Waals surface area contributed by atoms with Crippen LogP contribution in [0.25, 0.3) is 0 Å². The fraction of sp³-hybridized carbons (Fsp3) is 0.500. The van der Waals surface area contributed by atoms with Gasteiger partial charge in [-0.3, -0.25) is 4.79 Å². The molecule has 1 N–H and O–H groups in total. The van der Waals surface area contributed by atoms with Crippen molar-refractivity contribution in [1.29, 1.82) is 0 Å². The summed E-state index contributed by atoms with van der Waals surface area (Å²) in [5.74, 6) is -0.121. The van der Waals surface area contributed by atoms with Gasteiger partial charge in [0.1, 0.15) is 5.75 Å². The molecule has 1 spiro atoms. The van der Waals surface area contributed by atoms with E-state index in [0.717, 1.165) is 0 Å². The molecule has 23 heavy (non-hydrogen) atoms. The fourth-order valence-electron chi connectivity index (χ4n) is 2.81. The maximum atomic E-state index is 12.4. The van der Waals surface area contributed by atoms with Crippen molar-refractivity contribution in [2.75, 3.05) is 32.8 Å². The number of hydrogen-bond donors (Lipinski definition) is 1. The minimum absolute atomic E-state index is 0.00760. The number of nitrogens with one attached hydrogen (secondary N) is 1. The van der Waals surface area contributed by atoms with Crippen LogP contribution in [0.1, 0.15) is 23.2 Å². The Labute approximate surface area is 133 Å². The Balaban J connectivity index is 1.68. The first-order chi connectivity index (χ1) is 11.1. The first-order valence-electron chi connectivity index (χ1n) is 7.41. The SMILES string of the molecule is COCCOC1CC2(C1)Oc1ccc(C(=O)OC)cc1NC2=O. The monoisotopic (exact) mass is 321 g/mol. The molecule has 0 bridgehead atoms. The molecule has 7 heteroatoms. The lowest BCUT2D eigenvalue weighted by molar-refractivity contribution is -0.161. The topological polar surface area (TPSA) is 83.1 Å². The van der Waals surface area contributed by atoms with Gasteiger partial charge in [-0.15, -0.1) is 0 Å². The third-order valence-electron chi connectivity index (χ3n) is 4.12. The number of ether oxygens (including phenoxy) is 4. The predicted octanol–water partition coefficient (Wildman–Crippen LogP) is 1.37. The van der Waals surface area contributed by atoms with Crippen molar-refractivity contribution in [3.8, 4) is 5.75 Å². The van der Waals surface area contributed by atoms with Crippen molar-refractivity contribution < 1.29 is 28.5 Å². The molecule has 2 aliphatic rings. The highest BCUT2D eigenvalue weighted by atomic mass is 16.5. The van der Waals surface area contributed by atoms with Crippen LogP contribution in [-0.2, 0) is 19.0 Å². The van der Waals surface area contributed by atoms with Gasteiger partial charge in [0.25, 0.3) is 5.91 Å². The number of carbonyl (C=O) groups is 2. The van der Waals surface area contributed by atoms with Gasteiger partial charge in [-0.05, 0) is 18.2 Å². The average molecular weight is 321 g/mol. The summed E-state index contributed by atoms with van der Waals surface area (Å²) < 4.78 is 21.1. The van der Waals surface area contributed by atoms with Gasteiger partial charge >= 0.3 is 5.97 Å². The van der Waals surface area contributed by atoms with Crippen LogP contribution in [0.2, 0.25) is 0 Å². The minimum atomic E-state index is -0.877. The summed E-state index contributed by atoms with van der Waals surface area (Å²) >= 11 is 0. The van der Waals surface area contributed by atoms with Crippen LogP contribution in [-0.4, -0.2) is 51.0 Å². The number of fused-ring (bicyclic) bond motifs is 1. The number of anilines is 1. The second-order valence-electron chi connectivity index (χ2n) is 5.65. The molecule has 3 rings (SSSR count). The van der Waals surface area contributed by atoms with E-state index >= 15 is 0 Å². The van der Waals surface area contributed by atoms with Gasteiger partial charge in [-0.2, -0.15) is 0 Å². The fourth-order valence-corrected chi connectivity index (χ4v) is 2.81. The van der Waals surface area contributed by atoms with Crippen molar-refractivity contribution in [1.82, 2.24) is 0 Å². The van der Waals surface area contributed by atoms with Crippen molar-refractivity contribution >= 4 is 17.6 Å². The number of hydrogen-bond acceptors (Lipinski definition) is 6. The number of amides is 1. The molecule has 7 nitrogen and oxygen atoms in total. The van der Waals surface area contributed by atoms with Gasteiger partial charge in [-0.1, -0.05) is 0 Å². The summed E-state index contributed by atoms with van der Waals surface area (Å²) in [6.45, 7) is 1.02. The van der Waals surface area contributed by atoms with E-state index in [0.29, 0.717) is 43.1 Å². The second-order valence-corrected chi connectivity index (χ2v) is 5.65. The Morgan fingerprint density at radius 2 is 2.13 bits per heavy atom. The zero-order valence-electron chi connectivity index (χ0n) is 13.1. The predicted molar refractivity (Wildman–Crippen MR) is 80.6 cm³/mol. The Hall–Kier alpha value is -2.12. The van der Waals surface area contributed by atoms with Crippen molar-refractivity contribution in [2.45, 2.75) is 24.5 Å². The highest BCUT2D eigenvalue weighted by Gasteiger charge is 2.55. The standard InChI is InChI=1S/C16H19NO6/c1-20-5-6-22-11-8-16(9-11)15(19)17-12-7-10(14(18)21-2)3-4-13(12)23-16/h3-4,7,11H,5-6,8-9H2,1-2H3,(H,17,19). The van der Waals surface area contributed by atoms with E-state index in [2.05, 4.69) is 10.1 Å². The molecule has 0 radical (unpaired) electrons. The summed E-state index contributed by atoms with van der Waals surface area (Å²) in [6.07, 6.45) is 0.994. The third-order valence-corrected chi connectivity index (χ3v) is 4.12. The van der Waals surface area contributed by atoms with E-state index < -0.39 is 11.6 Å². The summed E-state index contributed by atoms with van der Waals surface area (Å²) in [4.78, 5) is 23.9. The molecule has 0 saturated heterocycles. The molecule has 1 saturated carbocycles. The van der Waals surface area contributed by atoms with Gasteiger partial charge in [-0.25, -0.2) is 4.79 Å². The molecule has 1 amide bonds. The highest BCUT2D eigenvalue weighted by molar-refractivity contribution is 6.03. The molecule has 1 aromatic carbocycles. The molecule has 0 atom stereocenters. The normalized spacial score (nSPS) is 25.1. The molecule has 124 valence electrons. The first-order valence-corrected chi connectivity index (χ1v) is 7.41. The second kappa shape index (κ2) is 6.17. The summed E-state index contributed by atoms with van der Waals surface area (Å²) in [5, 5.41) is 2.81. The summed E-state index contributed by atoms with van der Waals surface area (Å²) in [6, 6.07) is 4.83. The number of carbonyl (C=O) groups excluding carboxylic acids is 2. The van der Waals surface area contributed by atoms with E-state index in [1.54, 1.807) is 25.3 Å². The zero-order valence-corrected chi connectivity index (χ0v) is 13.1. The lowest BCUT2D eigenvalue weighted by Gasteiger charge is -2.47. The minimum Gasteiger partial charge on any atom is -0.475 e. The Morgan fingerprint density at radius 1 is 1.35 bits per heavy atom. The van der Waals surface area contributed by atoms with Crippen LogP contribution in [0.5, 0.6) is 5.75 Å². The maximum absolute atomic E-state index is 12.4. The van der Waals surface area contributed by atoms with Crippen molar-refractivity contribution in [2.24, 2.45) is 0 Å². The average Bonchev–Trinajstić information content (AvgIpc) is 2.52. The molecule has 1 aliphatic heterocycles. The van der Waals surface area contributed by atoms with Crippen LogP contribution >= 0.6 is 0 Å². The van der Waals surface area contributed by atoms with E-state index in [9.17, 15) is 9.59 Å². The third kappa shape index (κ3) is 2.89. The molecule has 0 aromatic heterocycles. The van der Waals surface area contributed by atoms with Crippen LogP contribution in [0, 0.1) is 0 Å². The van der Waals surface area contributed by atoms with Gasteiger partial charge in [0, 0.05) is 20.0 Å². The molecule has 1 aromatic rings. The summed E-state index contributed by atoms with van der Waals surface area (Å²) in [5.41, 5.74) is -0.0369. The van der Waals surface area contributed by atoms with Crippen molar-refractivity contribution in [3.05, 3.63) is 23.8 Å². The Bertz CT molecular complexity index is 623. The van der Waals surface area contributed by atoms with Crippen molar-refractivity contribution in [3.63, 3.8) is 0 Å². The van der Waals surface area contributed by atoms with E-state index in [-0.39, 0.29) is 12.0 Å². The van der Waals surface area contributed by atoms with Gasteiger partial charge in [0.15, 0.2) is 5.60 Å². The van der Waals surface area contributed by atoms with E-state index in [1.165, 1.54) is 7.11 Å². The molecule has 1 heterocycles. The highest BCUT2D eigenvalue weighted by Crippen LogP contribution is 2.45. The Morgan fingerprint density at radius 3 is 2.83 bits per heavy atom. The largest absolute Gasteiger partial charge is 0.475 e. The zero-order chi connectivity index (χ0) is 16.4. The van der Waals surface area contributed by atoms with E-state index in [4.69, 9.17) is 14.2 Å². The molecular weight excluding hydrogens is 302 g/mol. The quantitative estimate of drug-likeness (QED) is 0.651. The van der Waals surface area contributed by atoms with Crippen LogP contribution < -0.4 is 10.1 Å².